The van der Waals surface area contributed by atoms with Crippen molar-refractivity contribution < 1.29 is 4.79 Å². The number of nitrogens with zero attached hydrogens (tertiary/aromatic N) is 6. The Morgan fingerprint density at radius 1 is 1.18 bits per heavy atom. The lowest BCUT2D eigenvalue weighted by molar-refractivity contribution is -0.121. The molecule has 0 aliphatic carbocycles. The number of fused-ring (bicyclic) bond motifs is 1. The van der Waals surface area contributed by atoms with Gasteiger partial charge in [-0.3, -0.25) is 4.79 Å². The maximum Gasteiger partial charge on any atom is 0.220 e. The molecule has 0 saturated carbocycles. The van der Waals surface area contributed by atoms with Crippen LogP contribution in [0.1, 0.15) is 30.8 Å². The topological polar surface area (TPSA) is 88.8 Å². The Balaban J connectivity index is 1.25. The van der Waals surface area contributed by atoms with Gasteiger partial charge in [0.15, 0.2) is 5.65 Å². The Hall–Kier alpha value is -3.03. The van der Waals surface area contributed by atoms with E-state index in [1.807, 2.05) is 29.8 Å². The Labute approximate surface area is 164 Å². The van der Waals surface area contributed by atoms with Crippen molar-refractivity contribution in [1.29, 1.82) is 0 Å². The molecule has 0 aromatic carbocycles. The molecule has 0 bridgehead atoms. The van der Waals surface area contributed by atoms with Gasteiger partial charge < -0.3 is 14.8 Å². The van der Waals surface area contributed by atoms with E-state index < -0.39 is 0 Å². The number of carbonyl (C=O) groups is 1. The molecule has 1 fully saturated rings. The second-order valence-corrected chi connectivity index (χ2v) is 7.09. The van der Waals surface area contributed by atoms with E-state index in [2.05, 4.69) is 30.2 Å². The van der Waals surface area contributed by atoms with Gasteiger partial charge in [-0.25, -0.2) is 19.9 Å². The van der Waals surface area contributed by atoms with Crippen LogP contribution in [0.2, 0.25) is 0 Å². The summed E-state index contributed by atoms with van der Waals surface area (Å²) >= 11 is 0. The van der Waals surface area contributed by atoms with Gasteiger partial charge in [0.1, 0.15) is 23.5 Å². The van der Waals surface area contributed by atoms with Crippen molar-refractivity contribution in [2.75, 3.05) is 24.5 Å². The summed E-state index contributed by atoms with van der Waals surface area (Å²) in [5.74, 6) is 1.88. The summed E-state index contributed by atoms with van der Waals surface area (Å²) in [4.78, 5) is 32.1. The summed E-state index contributed by atoms with van der Waals surface area (Å²) in [5.41, 5.74) is 2.66. The smallest absolute Gasteiger partial charge is 0.220 e. The van der Waals surface area contributed by atoms with E-state index >= 15 is 0 Å². The summed E-state index contributed by atoms with van der Waals surface area (Å²) in [6.45, 7) is 2.69. The van der Waals surface area contributed by atoms with E-state index in [-0.39, 0.29) is 5.91 Å². The van der Waals surface area contributed by atoms with Gasteiger partial charge in [-0.2, -0.15) is 0 Å². The largest absolute Gasteiger partial charge is 0.357 e. The zero-order chi connectivity index (χ0) is 19.3. The van der Waals surface area contributed by atoms with Crippen LogP contribution in [0.5, 0.6) is 0 Å². The molecule has 146 valence electrons. The fourth-order valence-electron chi connectivity index (χ4n) is 3.58. The molecule has 1 aliphatic rings. The number of hydrogen-bond acceptors (Lipinski definition) is 6. The van der Waals surface area contributed by atoms with Crippen molar-refractivity contribution in [2.24, 2.45) is 7.05 Å². The van der Waals surface area contributed by atoms with Gasteiger partial charge in [-0.1, -0.05) is 0 Å². The van der Waals surface area contributed by atoms with Gasteiger partial charge in [-0.05, 0) is 25.0 Å². The average Bonchev–Trinajstić information content (AvgIpc) is 3.36. The number of nitrogens with one attached hydrogen (secondary N) is 1. The number of pyridine rings is 1. The third kappa shape index (κ3) is 4.11. The highest BCUT2D eigenvalue weighted by atomic mass is 16.1. The first-order valence-corrected chi connectivity index (χ1v) is 9.79. The Kier molecular flexibility index (Phi) is 5.45. The number of anilines is 1. The lowest BCUT2D eigenvalue weighted by Crippen LogP contribution is -2.26. The number of carbonyl (C=O) groups excluding carboxylic acids is 1. The van der Waals surface area contributed by atoms with Crippen molar-refractivity contribution in [3.05, 3.63) is 42.2 Å². The van der Waals surface area contributed by atoms with Crippen LogP contribution in [0.3, 0.4) is 0 Å². The maximum absolute atomic E-state index is 12.2. The quantitative estimate of drug-likeness (QED) is 0.671. The van der Waals surface area contributed by atoms with Crippen molar-refractivity contribution in [2.45, 2.75) is 32.1 Å². The molecule has 1 saturated heterocycles. The average molecular weight is 379 g/mol. The van der Waals surface area contributed by atoms with Gasteiger partial charge in [0.2, 0.25) is 5.91 Å². The number of imidazole rings is 1. The third-order valence-corrected chi connectivity index (χ3v) is 5.14. The second-order valence-electron chi connectivity index (χ2n) is 7.09. The summed E-state index contributed by atoms with van der Waals surface area (Å²) in [7, 11) is 1.93. The lowest BCUT2D eigenvalue weighted by Gasteiger charge is -2.16. The number of rotatable bonds is 7. The maximum atomic E-state index is 12.2. The zero-order valence-electron chi connectivity index (χ0n) is 16.1. The van der Waals surface area contributed by atoms with Gasteiger partial charge in [0.25, 0.3) is 0 Å². The van der Waals surface area contributed by atoms with Crippen molar-refractivity contribution in [1.82, 2.24) is 29.8 Å². The first kappa shape index (κ1) is 18.3. The van der Waals surface area contributed by atoms with Crippen LogP contribution in [-0.4, -0.2) is 50.0 Å². The molecule has 3 aromatic heterocycles. The third-order valence-electron chi connectivity index (χ3n) is 5.14. The van der Waals surface area contributed by atoms with E-state index in [1.54, 1.807) is 12.5 Å². The van der Waals surface area contributed by atoms with Crippen LogP contribution < -0.4 is 10.2 Å². The van der Waals surface area contributed by atoms with Crippen LogP contribution in [0.4, 0.5) is 5.82 Å². The summed E-state index contributed by atoms with van der Waals surface area (Å²) in [5, 5.41) is 2.98. The van der Waals surface area contributed by atoms with Gasteiger partial charge in [-0.15, -0.1) is 0 Å². The molecule has 4 heterocycles. The molecule has 4 rings (SSSR count). The minimum absolute atomic E-state index is 0.0221. The molecule has 3 aromatic rings. The highest BCUT2D eigenvalue weighted by Crippen LogP contribution is 2.17. The zero-order valence-corrected chi connectivity index (χ0v) is 16.1. The van der Waals surface area contributed by atoms with E-state index in [9.17, 15) is 4.79 Å². The summed E-state index contributed by atoms with van der Waals surface area (Å²) in [6, 6.07) is 5.84. The predicted molar refractivity (Wildman–Crippen MR) is 107 cm³/mol. The Bertz CT molecular complexity index is 962. The van der Waals surface area contributed by atoms with Crippen molar-refractivity contribution in [3.8, 4) is 0 Å². The molecule has 8 nitrogen and oxygen atoms in total. The van der Waals surface area contributed by atoms with Crippen LogP contribution in [-0.2, 0) is 24.7 Å². The van der Waals surface area contributed by atoms with Gasteiger partial charge >= 0.3 is 0 Å². The molecule has 1 amide bonds. The monoisotopic (exact) mass is 379 g/mol. The number of aromatic nitrogens is 5. The predicted octanol–water partition coefficient (Wildman–Crippen LogP) is 1.65. The van der Waals surface area contributed by atoms with Crippen LogP contribution >= 0.6 is 0 Å². The Morgan fingerprint density at radius 3 is 2.86 bits per heavy atom. The van der Waals surface area contributed by atoms with Crippen LogP contribution in [0.15, 0.2) is 30.7 Å². The molecule has 28 heavy (non-hydrogen) atoms. The summed E-state index contributed by atoms with van der Waals surface area (Å²) in [6.07, 6.45) is 7.50. The standard InChI is InChI=1S/C20H25N7O/c1-26-17(25-16-5-4-9-22-20(16)26)6-7-19(28)21-10-8-15-13-18(24-14-23-15)27-11-2-3-12-27/h4-5,9,13-14H,2-3,6-8,10-12H2,1H3,(H,21,28). The molecular weight excluding hydrogens is 354 g/mol. The number of aryl methyl sites for hydroxylation is 2. The molecule has 0 unspecified atom stereocenters. The molecular formula is C20H25N7O. The molecule has 1 N–H and O–H groups in total. The van der Waals surface area contributed by atoms with Gasteiger partial charge in [0.05, 0.1) is 0 Å². The molecule has 0 radical (unpaired) electrons. The Morgan fingerprint density at radius 2 is 2.04 bits per heavy atom. The molecule has 1 aliphatic heterocycles. The first-order chi connectivity index (χ1) is 13.7. The highest BCUT2D eigenvalue weighted by Gasteiger charge is 2.14. The molecule has 8 heteroatoms. The highest BCUT2D eigenvalue weighted by molar-refractivity contribution is 5.76. The summed E-state index contributed by atoms with van der Waals surface area (Å²) < 4.78 is 1.95. The number of hydrogen-bond donors (Lipinski definition) is 1. The normalized spacial score (nSPS) is 14.0. The SMILES string of the molecule is Cn1c(CCC(=O)NCCc2cc(N3CCCC3)ncn2)nc2cccnc21. The van der Waals surface area contributed by atoms with Crippen LogP contribution in [0.25, 0.3) is 11.2 Å². The van der Waals surface area contributed by atoms with Crippen molar-refractivity contribution in [3.63, 3.8) is 0 Å². The van der Waals surface area contributed by atoms with E-state index in [0.717, 1.165) is 41.6 Å². The van der Waals surface area contributed by atoms with Gasteiger partial charge in [0, 0.05) is 63.9 Å². The van der Waals surface area contributed by atoms with Crippen LogP contribution in [0, 0.1) is 0 Å². The van der Waals surface area contributed by atoms with E-state index in [4.69, 9.17) is 0 Å². The minimum Gasteiger partial charge on any atom is -0.357 e. The lowest BCUT2D eigenvalue weighted by atomic mass is 10.2. The fourth-order valence-corrected chi connectivity index (χ4v) is 3.58. The van der Waals surface area contributed by atoms with Crippen molar-refractivity contribution >= 4 is 22.9 Å². The first-order valence-electron chi connectivity index (χ1n) is 9.79. The molecule has 0 atom stereocenters. The second kappa shape index (κ2) is 8.33. The van der Waals surface area contributed by atoms with E-state index in [1.165, 1.54) is 12.8 Å². The number of amides is 1. The molecule has 0 spiro atoms. The van der Waals surface area contributed by atoms with E-state index in [0.29, 0.717) is 25.8 Å². The minimum atomic E-state index is 0.0221. The fraction of sp³-hybridized carbons (Fsp3) is 0.450.